The zero-order valence-corrected chi connectivity index (χ0v) is 5.99. The summed E-state index contributed by atoms with van der Waals surface area (Å²) in [5.74, 6) is 0.805. The lowest BCUT2D eigenvalue weighted by atomic mass is 9.66. The molecule has 0 aliphatic heterocycles. The van der Waals surface area contributed by atoms with Gasteiger partial charge in [-0.2, -0.15) is 0 Å². The molecule has 3 aliphatic rings. The maximum absolute atomic E-state index is 11.0. The zero-order valence-electron chi connectivity index (χ0n) is 5.99. The second-order valence-electron chi connectivity index (χ2n) is 3.73. The van der Waals surface area contributed by atoms with Crippen molar-refractivity contribution in [3.8, 4) is 0 Å². The second-order valence-corrected chi connectivity index (χ2v) is 3.73. The van der Waals surface area contributed by atoms with E-state index < -0.39 is 0 Å². The average molecular weight is 148 g/mol. The number of Topliss-reactive ketones (excluding diaryl/α,β-unsaturated/α-hetero) is 2. The normalized spacial score (nSPS) is 51.3. The molecule has 0 aromatic heterocycles. The van der Waals surface area contributed by atoms with Gasteiger partial charge in [-0.3, -0.25) is 9.59 Å². The molecule has 0 radical (unpaired) electrons. The lowest BCUT2D eigenvalue weighted by Gasteiger charge is -2.33. The van der Waals surface area contributed by atoms with E-state index >= 15 is 0 Å². The van der Waals surface area contributed by atoms with Crippen LogP contribution in [0.1, 0.15) is 6.42 Å². The Labute approximate surface area is 64.3 Å². The minimum Gasteiger partial charge on any atom is -0.291 e. The molecule has 4 atom stereocenters. The summed E-state index contributed by atoms with van der Waals surface area (Å²) in [6.07, 6.45) is 5.26. The molecule has 0 saturated heterocycles. The van der Waals surface area contributed by atoms with Crippen LogP contribution in [0.2, 0.25) is 0 Å². The van der Waals surface area contributed by atoms with Crippen molar-refractivity contribution in [1.82, 2.24) is 0 Å². The van der Waals surface area contributed by atoms with Gasteiger partial charge < -0.3 is 0 Å². The zero-order chi connectivity index (χ0) is 7.59. The minimum atomic E-state index is -0.105. The molecule has 0 heterocycles. The van der Waals surface area contributed by atoms with Crippen molar-refractivity contribution in [3.63, 3.8) is 0 Å². The molecule has 2 bridgehead atoms. The maximum Gasteiger partial charge on any atom is 0.203 e. The lowest BCUT2D eigenvalue weighted by Crippen LogP contribution is -2.50. The van der Waals surface area contributed by atoms with Gasteiger partial charge in [0.05, 0.1) is 0 Å². The third kappa shape index (κ3) is 0.442. The SMILES string of the molecule is O=C1C(=O)C2C3C=CC(C3)C12. The number of ketones is 2. The third-order valence-electron chi connectivity index (χ3n) is 3.31. The molecule has 0 amide bonds. The van der Waals surface area contributed by atoms with Crippen LogP contribution in [0.4, 0.5) is 0 Å². The number of hydrogen-bond acceptors (Lipinski definition) is 2. The fourth-order valence-electron chi connectivity index (χ4n) is 2.77. The number of carbonyl (C=O) groups is 2. The highest BCUT2D eigenvalue weighted by molar-refractivity contribution is 6.46. The molecule has 0 aromatic carbocycles. The lowest BCUT2D eigenvalue weighted by molar-refractivity contribution is -0.153. The highest BCUT2D eigenvalue weighted by Gasteiger charge is 2.61. The summed E-state index contributed by atoms with van der Waals surface area (Å²) >= 11 is 0. The molecule has 2 heteroatoms. The molecule has 0 spiro atoms. The standard InChI is InChI=1S/C9H8O2/c10-8-6-4-1-2-5(3-4)7(6)9(8)11/h1-2,4-7H,3H2. The molecule has 3 aliphatic carbocycles. The van der Waals surface area contributed by atoms with Gasteiger partial charge in [0.2, 0.25) is 11.6 Å². The van der Waals surface area contributed by atoms with E-state index in [1.165, 1.54) is 0 Å². The monoisotopic (exact) mass is 148 g/mol. The van der Waals surface area contributed by atoms with Gasteiger partial charge in [-0.25, -0.2) is 0 Å². The van der Waals surface area contributed by atoms with Gasteiger partial charge in [-0.15, -0.1) is 0 Å². The summed E-state index contributed by atoms with van der Waals surface area (Å²) in [5.41, 5.74) is 0. The van der Waals surface area contributed by atoms with Gasteiger partial charge in [-0.1, -0.05) is 12.2 Å². The van der Waals surface area contributed by atoms with Crippen LogP contribution in [0.3, 0.4) is 0 Å². The second kappa shape index (κ2) is 1.47. The first-order chi connectivity index (χ1) is 5.29. The third-order valence-corrected chi connectivity index (χ3v) is 3.31. The highest BCUT2D eigenvalue weighted by atomic mass is 16.2. The Kier molecular flexibility index (Phi) is 0.761. The summed E-state index contributed by atoms with van der Waals surface area (Å²) in [6.45, 7) is 0. The molecular weight excluding hydrogens is 140 g/mol. The Morgan fingerprint density at radius 3 is 1.91 bits per heavy atom. The molecule has 3 rings (SSSR count). The van der Waals surface area contributed by atoms with Gasteiger partial charge >= 0.3 is 0 Å². The topological polar surface area (TPSA) is 34.1 Å². The largest absolute Gasteiger partial charge is 0.291 e. The molecular formula is C9H8O2. The first-order valence-electron chi connectivity index (χ1n) is 4.05. The van der Waals surface area contributed by atoms with Crippen LogP contribution >= 0.6 is 0 Å². The van der Waals surface area contributed by atoms with E-state index in [1.807, 2.05) is 0 Å². The molecule has 56 valence electrons. The van der Waals surface area contributed by atoms with E-state index in [1.54, 1.807) is 0 Å². The Bertz CT molecular complexity index is 262. The van der Waals surface area contributed by atoms with E-state index in [0.29, 0.717) is 11.8 Å². The van der Waals surface area contributed by atoms with Crippen LogP contribution in [0.5, 0.6) is 0 Å². The van der Waals surface area contributed by atoms with Crippen LogP contribution in [0.15, 0.2) is 12.2 Å². The predicted molar refractivity (Wildman–Crippen MR) is 37.7 cm³/mol. The van der Waals surface area contributed by atoms with E-state index in [2.05, 4.69) is 12.2 Å². The Morgan fingerprint density at radius 2 is 1.45 bits per heavy atom. The molecule has 4 unspecified atom stereocenters. The van der Waals surface area contributed by atoms with E-state index in [9.17, 15) is 9.59 Å². The van der Waals surface area contributed by atoms with E-state index in [-0.39, 0.29) is 23.4 Å². The van der Waals surface area contributed by atoms with Gasteiger partial charge in [0.25, 0.3) is 0 Å². The predicted octanol–water partition coefficient (Wildman–Crippen LogP) is 0.576. The summed E-state index contributed by atoms with van der Waals surface area (Å²) < 4.78 is 0. The van der Waals surface area contributed by atoms with Crippen molar-refractivity contribution >= 4 is 11.6 Å². The van der Waals surface area contributed by atoms with Crippen molar-refractivity contribution in [2.75, 3.05) is 0 Å². The number of carbonyl (C=O) groups excluding carboxylic acids is 2. The van der Waals surface area contributed by atoms with Crippen LogP contribution < -0.4 is 0 Å². The van der Waals surface area contributed by atoms with Crippen molar-refractivity contribution in [1.29, 1.82) is 0 Å². The summed E-state index contributed by atoms with van der Waals surface area (Å²) in [5, 5.41) is 0. The number of fused-ring (bicyclic) bond motifs is 5. The highest BCUT2D eigenvalue weighted by Crippen LogP contribution is 2.54. The van der Waals surface area contributed by atoms with Crippen LogP contribution in [0, 0.1) is 23.7 Å². The fourth-order valence-corrected chi connectivity index (χ4v) is 2.77. The smallest absolute Gasteiger partial charge is 0.203 e. The van der Waals surface area contributed by atoms with Crippen molar-refractivity contribution in [2.45, 2.75) is 6.42 Å². The number of hydrogen-bond donors (Lipinski definition) is 0. The maximum atomic E-state index is 11.0. The summed E-state index contributed by atoms with van der Waals surface area (Å²) in [4.78, 5) is 22.1. The van der Waals surface area contributed by atoms with Crippen LogP contribution in [-0.2, 0) is 9.59 Å². The van der Waals surface area contributed by atoms with Crippen molar-refractivity contribution in [2.24, 2.45) is 23.7 Å². The quantitative estimate of drug-likeness (QED) is 0.372. The summed E-state index contributed by atoms with van der Waals surface area (Å²) in [7, 11) is 0. The van der Waals surface area contributed by atoms with E-state index in [0.717, 1.165) is 6.42 Å². The Hall–Kier alpha value is -0.920. The molecule has 11 heavy (non-hydrogen) atoms. The first kappa shape index (κ1) is 5.70. The van der Waals surface area contributed by atoms with Crippen LogP contribution in [0.25, 0.3) is 0 Å². The molecule has 2 fully saturated rings. The Balaban J connectivity index is 2.08. The number of rotatable bonds is 0. The van der Waals surface area contributed by atoms with Gasteiger partial charge in [-0.05, 0) is 18.3 Å². The Morgan fingerprint density at radius 1 is 1.00 bits per heavy atom. The summed E-state index contributed by atoms with van der Waals surface area (Å²) in [6, 6.07) is 0. The minimum absolute atomic E-state index is 0.0949. The average Bonchev–Trinajstić information content (AvgIpc) is 2.58. The van der Waals surface area contributed by atoms with Gasteiger partial charge in [0.1, 0.15) is 0 Å². The van der Waals surface area contributed by atoms with E-state index in [4.69, 9.17) is 0 Å². The molecule has 0 aromatic rings. The number of allylic oxidation sites excluding steroid dienone is 2. The molecule has 2 saturated carbocycles. The molecule has 2 nitrogen and oxygen atoms in total. The van der Waals surface area contributed by atoms with Gasteiger partial charge in [0.15, 0.2) is 0 Å². The first-order valence-corrected chi connectivity index (χ1v) is 4.05. The fraction of sp³-hybridized carbons (Fsp3) is 0.556. The van der Waals surface area contributed by atoms with Crippen molar-refractivity contribution in [3.05, 3.63) is 12.2 Å². The van der Waals surface area contributed by atoms with Gasteiger partial charge in [0, 0.05) is 11.8 Å². The van der Waals surface area contributed by atoms with Crippen molar-refractivity contribution < 1.29 is 9.59 Å². The molecule has 0 N–H and O–H groups in total. The van der Waals surface area contributed by atoms with Crippen LogP contribution in [-0.4, -0.2) is 11.6 Å².